The Morgan fingerprint density at radius 2 is 1.94 bits per heavy atom. The summed E-state index contributed by atoms with van der Waals surface area (Å²) in [7, 11) is 0. The summed E-state index contributed by atoms with van der Waals surface area (Å²) in [5, 5.41) is 3.97. The maximum atomic E-state index is 5.79. The Labute approximate surface area is 113 Å². The van der Waals surface area contributed by atoms with Gasteiger partial charge < -0.3 is 5.32 Å². The minimum atomic E-state index is 0.547. The first-order valence-electron chi connectivity index (χ1n) is 6.16. The largest absolute Gasteiger partial charge is 0.370 e. The van der Waals surface area contributed by atoms with E-state index >= 15 is 0 Å². The number of pyridine rings is 1. The molecule has 1 heterocycles. The van der Waals surface area contributed by atoms with Crippen LogP contribution in [0.1, 0.15) is 24.8 Å². The lowest BCUT2D eigenvalue weighted by Crippen LogP contribution is -2.06. The number of rotatable bonds is 5. The highest BCUT2D eigenvalue weighted by atomic mass is 35.5. The Balaban J connectivity index is 1.80. The molecule has 0 saturated carbocycles. The summed E-state index contributed by atoms with van der Waals surface area (Å²) in [6.45, 7) is 3.15. The van der Waals surface area contributed by atoms with Crippen molar-refractivity contribution in [3.63, 3.8) is 0 Å². The molecule has 94 valence electrons. The molecular formula is C15H17ClN2. The second-order valence-corrected chi connectivity index (χ2v) is 4.83. The molecule has 0 fully saturated rings. The van der Waals surface area contributed by atoms with E-state index in [-0.39, 0.29) is 0 Å². The first-order valence-corrected chi connectivity index (χ1v) is 6.54. The molecule has 0 saturated heterocycles. The number of halogens is 1. The molecule has 3 heteroatoms. The Morgan fingerprint density at radius 1 is 1.17 bits per heavy atom. The van der Waals surface area contributed by atoms with Crippen LogP contribution in [-0.2, 0) is 0 Å². The molecule has 0 radical (unpaired) electrons. The van der Waals surface area contributed by atoms with Gasteiger partial charge in [-0.3, -0.25) is 0 Å². The van der Waals surface area contributed by atoms with Crippen molar-refractivity contribution in [3.05, 3.63) is 59.2 Å². The molecule has 0 amide bonds. The van der Waals surface area contributed by atoms with Crippen LogP contribution in [0.5, 0.6) is 0 Å². The highest BCUT2D eigenvalue weighted by Gasteiger charge is 2.04. The Morgan fingerprint density at radius 3 is 2.61 bits per heavy atom. The van der Waals surface area contributed by atoms with Crippen LogP contribution in [0.2, 0.25) is 5.02 Å². The van der Waals surface area contributed by atoms with Crippen molar-refractivity contribution in [2.75, 3.05) is 11.9 Å². The van der Waals surface area contributed by atoms with Gasteiger partial charge in [0.1, 0.15) is 5.82 Å². The number of hydrogen-bond donors (Lipinski definition) is 1. The second-order valence-electron chi connectivity index (χ2n) is 4.39. The highest BCUT2D eigenvalue weighted by molar-refractivity contribution is 6.30. The van der Waals surface area contributed by atoms with Crippen LogP contribution in [0.15, 0.2) is 48.7 Å². The first kappa shape index (κ1) is 12.9. The number of aromatic nitrogens is 1. The van der Waals surface area contributed by atoms with Gasteiger partial charge in [-0.1, -0.05) is 48.9 Å². The van der Waals surface area contributed by atoms with Gasteiger partial charge in [-0.2, -0.15) is 0 Å². The molecule has 0 spiro atoms. The van der Waals surface area contributed by atoms with Gasteiger partial charge in [0, 0.05) is 12.7 Å². The van der Waals surface area contributed by atoms with Gasteiger partial charge in [-0.25, -0.2) is 4.98 Å². The lowest BCUT2D eigenvalue weighted by atomic mass is 9.98. The third kappa shape index (κ3) is 3.74. The molecule has 2 nitrogen and oxygen atoms in total. The fraction of sp³-hybridized carbons (Fsp3) is 0.267. The highest BCUT2D eigenvalue weighted by Crippen LogP contribution is 2.18. The van der Waals surface area contributed by atoms with E-state index in [0.29, 0.717) is 10.9 Å². The van der Waals surface area contributed by atoms with Crippen molar-refractivity contribution < 1.29 is 0 Å². The molecule has 0 aliphatic rings. The summed E-state index contributed by atoms with van der Waals surface area (Å²) in [4.78, 5) is 4.20. The summed E-state index contributed by atoms with van der Waals surface area (Å²) in [6.07, 6.45) is 2.73. The number of benzene rings is 1. The second kappa shape index (κ2) is 6.41. The Bertz CT molecular complexity index is 468. The van der Waals surface area contributed by atoms with Crippen LogP contribution in [0.4, 0.5) is 5.82 Å². The van der Waals surface area contributed by atoms with E-state index in [4.69, 9.17) is 11.6 Å². The van der Waals surface area contributed by atoms with Crippen molar-refractivity contribution >= 4 is 17.4 Å². The van der Waals surface area contributed by atoms with E-state index in [1.165, 1.54) is 5.56 Å². The zero-order valence-corrected chi connectivity index (χ0v) is 11.2. The van der Waals surface area contributed by atoms with Gasteiger partial charge in [-0.15, -0.1) is 0 Å². The molecule has 1 atom stereocenters. The number of nitrogens with zero attached hydrogens (tertiary/aromatic N) is 1. The fourth-order valence-corrected chi connectivity index (χ4v) is 1.96. The molecule has 1 aromatic carbocycles. The average Bonchev–Trinajstić information content (AvgIpc) is 2.42. The minimum absolute atomic E-state index is 0.547. The average molecular weight is 261 g/mol. The molecule has 0 bridgehead atoms. The maximum Gasteiger partial charge on any atom is 0.125 e. The van der Waals surface area contributed by atoms with Gasteiger partial charge in [0.2, 0.25) is 0 Å². The van der Waals surface area contributed by atoms with Gasteiger partial charge in [0.15, 0.2) is 0 Å². The number of nitrogens with one attached hydrogen (secondary N) is 1. The van der Waals surface area contributed by atoms with Crippen LogP contribution >= 0.6 is 11.6 Å². The lowest BCUT2D eigenvalue weighted by molar-refractivity contribution is 0.705. The van der Waals surface area contributed by atoms with Gasteiger partial charge in [0.05, 0.1) is 5.02 Å². The molecule has 0 aliphatic carbocycles. The third-order valence-corrected chi connectivity index (χ3v) is 3.20. The fourth-order valence-electron chi connectivity index (χ4n) is 1.85. The molecular weight excluding hydrogens is 244 g/mol. The van der Waals surface area contributed by atoms with E-state index in [1.807, 2.05) is 18.2 Å². The third-order valence-electron chi connectivity index (χ3n) is 2.98. The van der Waals surface area contributed by atoms with Crippen molar-refractivity contribution in [2.45, 2.75) is 19.3 Å². The SMILES string of the molecule is CC(CCNc1ccc(Cl)cn1)c1ccccc1. The van der Waals surface area contributed by atoms with E-state index in [2.05, 4.69) is 41.5 Å². The molecule has 1 aromatic heterocycles. The molecule has 0 aliphatic heterocycles. The minimum Gasteiger partial charge on any atom is -0.370 e. The molecule has 18 heavy (non-hydrogen) atoms. The zero-order valence-electron chi connectivity index (χ0n) is 10.4. The van der Waals surface area contributed by atoms with Crippen LogP contribution in [0, 0.1) is 0 Å². The van der Waals surface area contributed by atoms with E-state index in [0.717, 1.165) is 18.8 Å². The number of hydrogen-bond acceptors (Lipinski definition) is 2. The van der Waals surface area contributed by atoms with Crippen LogP contribution in [0.25, 0.3) is 0 Å². The predicted octanol–water partition coefficient (Wildman–Crippen LogP) is 4.34. The Kier molecular flexibility index (Phi) is 4.59. The van der Waals surface area contributed by atoms with Crippen molar-refractivity contribution in [1.82, 2.24) is 4.98 Å². The van der Waals surface area contributed by atoms with Crippen LogP contribution < -0.4 is 5.32 Å². The molecule has 2 rings (SSSR count). The topological polar surface area (TPSA) is 24.9 Å². The quantitative estimate of drug-likeness (QED) is 0.865. The lowest BCUT2D eigenvalue weighted by Gasteiger charge is -2.12. The summed E-state index contributed by atoms with van der Waals surface area (Å²) in [5.41, 5.74) is 1.38. The predicted molar refractivity (Wildman–Crippen MR) is 77.2 cm³/mol. The van der Waals surface area contributed by atoms with E-state index in [1.54, 1.807) is 6.20 Å². The summed E-state index contributed by atoms with van der Waals surface area (Å²) in [5.74, 6) is 1.42. The number of anilines is 1. The normalized spacial score (nSPS) is 12.1. The summed E-state index contributed by atoms with van der Waals surface area (Å²) >= 11 is 5.79. The van der Waals surface area contributed by atoms with Crippen molar-refractivity contribution in [2.24, 2.45) is 0 Å². The monoisotopic (exact) mass is 260 g/mol. The summed E-state index contributed by atoms with van der Waals surface area (Å²) < 4.78 is 0. The standard InChI is InChI=1S/C15H17ClN2/c1-12(13-5-3-2-4-6-13)9-10-17-15-8-7-14(16)11-18-15/h2-8,11-12H,9-10H2,1H3,(H,17,18). The van der Waals surface area contributed by atoms with E-state index < -0.39 is 0 Å². The maximum absolute atomic E-state index is 5.79. The zero-order chi connectivity index (χ0) is 12.8. The van der Waals surface area contributed by atoms with Gasteiger partial charge in [-0.05, 0) is 30.0 Å². The molecule has 1 unspecified atom stereocenters. The molecule has 1 N–H and O–H groups in total. The smallest absolute Gasteiger partial charge is 0.125 e. The molecule has 2 aromatic rings. The summed E-state index contributed by atoms with van der Waals surface area (Å²) in [6, 6.07) is 14.3. The van der Waals surface area contributed by atoms with Gasteiger partial charge in [0.25, 0.3) is 0 Å². The van der Waals surface area contributed by atoms with Crippen molar-refractivity contribution in [1.29, 1.82) is 0 Å². The van der Waals surface area contributed by atoms with Crippen molar-refractivity contribution in [3.8, 4) is 0 Å². The Hall–Kier alpha value is -1.54. The van der Waals surface area contributed by atoms with Crippen LogP contribution in [-0.4, -0.2) is 11.5 Å². The van der Waals surface area contributed by atoms with Gasteiger partial charge >= 0.3 is 0 Å². The van der Waals surface area contributed by atoms with Crippen LogP contribution in [0.3, 0.4) is 0 Å². The van der Waals surface area contributed by atoms with E-state index in [9.17, 15) is 0 Å². The first-order chi connectivity index (χ1) is 8.75.